The minimum absolute atomic E-state index is 0.617. The first-order valence-corrected chi connectivity index (χ1v) is 3.41. The summed E-state index contributed by atoms with van der Waals surface area (Å²) in [5.41, 5.74) is 0. The molecule has 61 valence electrons. The van der Waals surface area contributed by atoms with E-state index in [0.717, 1.165) is 0 Å². The second-order valence-corrected chi connectivity index (χ2v) is 2.01. The summed E-state index contributed by atoms with van der Waals surface area (Å²) < 4.78 is 0. The van der Waals surface area contributed by atoms with Gasteiger partial charge in [-0.05, 0) is 0 Å². The average molecular weight is 152 g/mol. The second kappa shape index (κ2) is 5.89. The smallest absolute Gasteiger partial charge is 0.0958 e. The Labute approximate surface area is 67.9 Å². The molecule has 0 aliphatic carbocycles. The predicted octanol–water partition coefficient (Wildman–Crippen LogP) is 1.03. The van der Waals surface area contributed by atoms with Crippen LogP contribution in [0, 0.1) is 6.04 Å². The molecule has 0 saturated heterocycles. The number of aliphatic hydroxyl groups excluding tert-OH is 1. The lowest BCUT2D eigenvalue weighted by molar-refractivity contribution is 0.231. The maximum absolute atomic E-state index is 9.22. The van der Waals surface area contributed by atoms with Gasteiger partial charge in [-0.15, -0.1) is 19.7 Å². The summed E-state index contributed by atoms with van der Waals surface area (Å²) in [7, 11) is 0. The molecule has 0 heterocycles. The van der Waals surface area contributed by atoms with E-state index in [2.05, 4.69) is 25.1 Å². The van der Waals surface area contributed by atoms with Crippen LogP contribution in [0.5, 0.6) is 0 Å². The first kappa shape index (κ1) is 10.1. The van der Waals surface area contributed by atoms with Gasteiger partial charge in [-0.1, -0.05) is 18.2 Å². The van der Waals surface area contributed by atoms with Crippen LogP contribution in [-0.2, 0) is 0 Å². The Kier molecular flexibility index (Phi) is 5.43. The normalized spacial score (nSPS) is 12.5. The van der Waals surface area contributed by atoms with Gasteiger partial charge in [-0.3, -0.25) is 0 Å². The SMILES string of the molecule is C=CCN[C](C=C)C(O)C=C. The molecule has 0 rings (SSSR count). The molecular weight excluding hydrogens is 138 g/mol. The molecule has 0 fully saturated rings. The van der Waals surface area contributed by atoms with E-state index in [4.69, 9.17) is 0 Å². The van der Waals surface area contributed by atoms with Gasteiger partial charge in [0.1, 0.15) is 0 Å². The lowest BCUT2D eigenvalue weighted by Gasteiger charge is -2.15. The lowest BCUT2D eigenvalue weighted by Crippen LogP contribution is -2.28. The highest BCUT2D eigenvalue weighted by Crippen LogP contribution is 2.03. The van der Waals surface area contributed by atoms with E-state index in [1.165, 1.54) is 6.08 Å². The maximum atomic E-state index is 9.22. The van der Waals surface area contributed by atoms with Crippen LogP contribution in [0.15, 0.2) is 38.0 Å². The van der Waals surface area contributed by atoms with Crippen molar-refractivity contribution in [2.24, 2.45) is 0 Å². The highest BCUT2D eigenvalue weighted by molar-refractivity contribution is 5.14. The Morgan fingerprint density at radius 3 is 2.45 bits per heavy atom. The van der Waals surface area contributed by atoms with Gasteiger partial charge in [0, 0.05) is 6.54 Å². The van der Waals surface area contributed by atoms with E-state index >= 15 is 0 Å². The fourth-order valence-electron chi connectivity index (χ4n) is 0.614. The lowest BCUT2D eigenvalue weighted by atomic mass is 10.1. The highest BCUT2D eigenvalue weighted by atomic mass is 16.3. The van der Waals surface area contributed by atoms with Gasteiger partial charge in [-0.25, -0.2) is 0 Å². The topological polar surface area (TPSA) is 32.3 Å². The van der Waals surface area contributed by atoms with Crippen LogP contribution in [-0.4, -0.2) is 17.8 Å². The zero-order valence-corrected chi connectivity index (χ0v) is 6.59. The van der Waals surface area contributed by atoms with E-state index in [0.29, 0.717) is 12.6 Å². The van der Waals surface area contributed by atoms with Crippen LogP contribution in [0.25, 0.3) is 0 Å². The monoisotopic (exact) mass is 152 g/mol. The largest absolute Gasteiger partial charge is 0.387 e. The first-order chi connectivity index (χ1) is 5.26. The van der Waals surface area contributed by atoms with Crippen LogP contribution in [0.3, 0.4) is 0 Å². The molecule has 0 amide bonds. The molecule has 0 saturated carbocycles. The fourth-order valence-corrected chi connectivity index (χ4v) is 0.614. The summed E-state index contributed by atoms with van der Waals surface area (Å²) in [6.07, 6.45) is 4.05. The summed E-state index contributed by atoms with van der Waals surface area (Å²) in [6, 6.07) is 0.653. The number of rotatable bonds is 6. The molecular formula is C9H14NO. The molecule has 1 unspecified atom stereocenters. The van der Waals surface area contributed by atoms with Crippen molar-refractivity contribution in [1.82, 2.24) is 5.32 Å². The number of nitrogens with one attached hydrogen (secondary N) is 1. The summed E-state index contributed by atoms with van der Waals surface area (Å²) >= 11 is 0. The third kappa shape index (κ3) is 3.75. The molecule has 0 spiro atoms. The minimum Gasteiger partial charge on any atom is -0.387 e. The van der Waals surface area contributed by atoms with E-state index in [9.17, 15) is 5.11 Å². The van der Waals surface area contributed by atoms with E-state index < -0.39 is 6.10 Å². The van der Waals surface area contributed by atoms with Crippen molar-refractivity contribution in [3.05, 3.63) is 44.0 Å². The number of hydrogen-bond acceptors (Lipinski definition) is 2. The summed E-state index contributed by atoms with van der Waals surface area (Å²) in [6.45, 7) is 11.1. The van der Waals surface area contributed by atoms with Gasteiger partial charge in [0.2, 0.25) is 0 Å². The van der Waals surface area contributed by atoms with Crippen LogP contribution < -0.4 is 5.32 Å². The van der Waals surface area contributed by atoms with E-state index in [-0.39, 0.29) is 0 Å². The highest BCUT2D eigenvalue weighted by Gasteiger charge is 2.10. The van der Waals surface area contributed by atoms with Crippen LogP contribution >= 0.6 is 0 Å². The molecule has 0 aromatic rings. The van der Waals surface area contributed by atoms with E-state index in [1.807, 2.05) is 0 Å². The van der Waals surface area contributed by atoms with Crippen molar-refractivity contribution >= 4 is 0 Å². The Bertz CT molecular complexity index is 142. The zero-order chi connectivity index (χ0) is 8.69. The molecule has 11 heavy (non-hydrogen) atoms. The van der Waals surface area contributed by atoms with Gasteiger partial charge in [-0.2, -0.15) is 0 Å². The maximum Gasteiger partial charge on any atom is 0.0958 e. The van der Waals surface area contributed by atoms with Crippen molar-refractivity contribution in [1.29, 1.82) is 0 Å². The Morgan fingerprint density at radius 2 is 2.09 bits per heavy atom. The molecule has 0 bridgehead atoms. The zero-order valence-electron chi connectivity index (χ0n) is 6.59. The van der Waals surface area contributed by atoms with Crippen molar-refractivity contribution in [2.75, 3.05) is 6.54 Å². The molecule has 2 nitrogen and oxygen atoms in total. The van der Waals surface area contributed by atoms with Gasteiger partial charge < -0.3 is 10.4 Å². The third-order valence-electron chi connectivity index (χ3n) is 1.21. The Morgan fingerprint density at radius 1 is 1.45 bits per heavy atom. The Hall–Kier alpha value is -0.860. The van der Waals surface area contributed by atoms with Gasteiger partial charge in [0.15, 0.2) is 0 Å². The number of aliphatic hydroxyl groups is 1. The predicted molar refractivity (Wildman–Crippen MR) is 47.8 cm³/mol. The van der Waals surface area contributed by atoms with Crippen molar-refractivity contribution in [3.8, 4) is 0 Å². The molecule has 0 aromatic heterocycles. The number of hydrogen-bond donors (Lipinski definition) is 2. The van der Waals surface area contributed by atoms with Crippen LogP contribution in [0.4, 0.5) is 0 Å². The molecule has 2 heteroatoms. The van der Waals surface area contributed by atoms with Crippen molar-refractivity contribution in [3.63, 3.8) is 0 Å². The summed E-state index contributed by atoms with van der Waals surface area (Å²) in [5, 5.41) is 12.2. The quantitative estimate of drug-likeness (QED) is 0.557. The molecule has 1 radical (unpaired) electrons. The van der Waals surface area contributed by atoms with Gasteiger partial charge in [0.25, 0.3) is 0 Å². The standard InChI is InChI=1S/C9H14NO/c1-4-7-10-8(5-2)9(11)6-3/h4-6,9-11H,1-3,7H2. The van der Waals surface area contributed by atoms with Crippen LogP contribution in [0.2, 0.25) is 0 Å². The Balaban J connectivity index is 3.82. The molecule has 1 atom stereocenters. The third-order valence-corrected chi connectivity index (χ3v) is 1.21. The minimum atomic E-state index is -0.660. The summed E-state index contributed by atoms with van der Waals surface area (Å²) in [4.78, 5) is 0. The van der Waals surface area contributed by atoms with Gasteiger partial charge >= 0.3 is 0 Å². The van der Waals surface area contributed by atoms with Gasteiger partial charge in [0.05, 0.1) is 12.1 Å². The average Bonchev–Trinajstić information content (AvgIpc) is 2.05. The molecule has 0 aliphatic heterocycles. The first-order valence-electron chi connectivity index (χ1n) is 3.41. The molecule has 0 aliphatic rings. The van der Waals surface area contributed by atoms with Crippen molar-refractivity contribution in [2.45, 2.75) is 6.10 Å². The van der Waals surface area contributed by atoms with E-state index in [1.54, 1.807) is 12.2 Å². The van der Waals surface area contributed by atoms with Crippen LogP contribution in [0.1, 0.15) is 0 Å². The second-order valence-electron chi connectivity index (χ2n) is 2.01. The molecule has 2 N–H and O–H groups in total. The van der Waals surface area contributed by atoms with Crippen molar-refractivity contribution < 1.29 is 5.11 Å². The molecule has 0 aromatic carbocycles. The summed E-state index contributed by atoms with van der Waals surface area (Å²) in [5.74, 6) is 0. The fraction of sp³-hybridized carbons (Fsp3) is 0.222.